The Balaban J connectivity index is 1.32. The van der Waals surface area contributed by atoms with Crippen molar-refractivity contribution in [2.75, 3.05) is 34.0 Å². The van der Waals surface area contributed by atoms with Gasteiger partial charge < -0.3 is 34.3 Å². The number of hydrogen-bond donors (Lipinski definition) is 3. The molecule has 334 valence electrons. The number of carbonyl (C=O) groups excluding carboxylic acids is 3. The second-order valence-corrected chi connectivity index (χ2v) is 19.5. The third kappa shape index (κ3) is 8.05. The Bertz CT molecular complexity index is 2210. The summed E-state index contributed by atoms with van der Waals surface area (Å²) in [5.74, 6) is -3.95. The van der Waals surface area contributed by atoms with Crippen molar-refractivity contribution in [3.05, 3.63) is 36.4 Å². The maximum atomic E-state index is 15.3. The number of carbonyl (C=O) groups is 4. The summed E-state index contributed by atoms with van der Waals surface area (Å²) < 4.78 is 95.0. The number of ether oxygens (including phenoxy) is 4. The van der Waals surface area contributed by atoms with Gasteiger partial charge in [-0.25, -0.2) is 13.2 Å². The zero-order valence-corrected chi connectivity index (χ0v) is 35.4. The number of hydrogen-bond acceptors (Lipinski definition) is 11. The molecule has 0 bridgehead atoms. The number of halogens is 3. The number of alkyl halides is 3. The maximum absolute atomic E-state index is 15.3. The second kappa shape index (κ2) is 16.1. The number of carboxylic acid groups (broad SMARTS) is 1. The first-order valence-corrected chi connectivity index (χ1v) is 21.9. The Morgan fingerprint density at radius 2 is 1.85 bits per heavy atom. The summed E-state index contributed by atoms with van der Waals surface area (Å²) in [6.45, 7) is 2.59. The predicted octanol–water partition coefficient (Wildman–Crippen LogP) is 4.56. The summed E-state index contributed by atoms with van der Waals surface area (Å²) in [5.41, 5.74) is -4.79. The van der Waals surface area contributed by atoms with Crippen LogP contribution in [0, 0.1) is 17.8 Å². The van der Waals surface area contributed by atoms with Crippen molar-refractivity contribution >= 4 is 44.6 Å². The minimum Gasteiger partial charge on any atom is -0.497 e. The lowest BCUT2D eigenvalue weighted by atomic mass is 9.81. The highest BCUT2D eigenvalue weighted by molar-refractivity contribution is 7.91. The number of aromatic nitrogens is 1. The van der Waals surface area contributed by atoms with Crippen molar-refractivity contribution in [1.29, 1.82) is 0 Å². The zero-order chi connectivity index (χ0) is 44.3. The standard InChI is InChI=1S/C41H52F3N5O11S/c1-6-24-15-23(2)9-7-8-10-26-19-40(26,36(52)47-61(55,56)38(3)13-14-38)46-33(50)30-18-28(60-34-29-12-11-27(57-4)16-25(29)17-31(45-34)58-5)20-48(30)35(51)32(24)49(37(53)54)39(21-59-22-39)41(42,43)44/h8,10-12,16-17,23-24,26,28,30,32H,6-7,9,13-15,18-22H2,1-5H3,(H,46,50)(H,47,52)(H,53,54)/t23-,24+,26+,28+,30-,32-,40+/m0/s1. The van der Waals surface area contributed by atoms with E-state index in [1.807, 2.05) is 13.0 Å². The Morgan fingerprint density at radius 3 is 2.44 bits per heavy atom. The summed E-state index contributed by atoms with van der Waals surface area (Å²) in [6.07, 6.45) is -2.92. The summed E-state index contributed by atoms with van der Waals surface area (Å²) >= 11 is 0. The summed E-state index contributed by atoms with van der Waals surface area (Å²) in [6, 6.07) is 3.28. The van der Waals surface area contributed by atoms with Gasteiger partial charge in [0.05, 0.1) is 38.7 Å². The number of sulfonamides is 1. The topological polar surface area (TPSA) is 203 Å². The molecule has 1 aromatic heterocycles. The van der Waals surface area contributed by atoms with Crippen LogP contribution in [0.15, 0.2) is 36.4 Å². The number of allylic oxidation sites excluding steroid dienone is 1. The normalized spacial score (nSPS) is 29.7. The van der Waals surface area contributed by atoms with Crippen molar-refractivity contribution in [2.45, 2.75) is 112 Å². The monoisotopic (exact) mass is 879 g/mol. The molecule has 0 spiro atoms. The molecule has 1 aromatic carbocycles. The van der Waals surface area contributed by atoms with Gasteiger partial charge in [0.15, 0.2) is 5.54 Å². The van der Waals surface area contributed by atoms with Gasteiger partial charge in [0.1, 0.15) is 29.5 Å². The Labute approximate surface area is 351 Å². The van der Waals surface area contributed by atoms with Crippen LogP contribution in [0.3, 0.4) is 0 Å². The van der Waals surface area contributed by atoms with Gasteiger partial charge in [-0.05, 0) is 80.9 Å². The molecule has 2 aromatic rings. The van der Waals surface area contributed by atoms with Gasteiger partial charge in [-0.2, -0.15) is 18.2 Å². The molecule has 61 heavy (non-hydrogen) atoms. The van der Waals surface area contributed by atoms with Gasteiger partial charge in [0.25, 0.3) is 5.91 Å². The molecule has 16 nitrogen and oxygen atoms in total. The minimum absolute atomic E-state index is 0.0358. The minimum atomic E-state index is -5.14. The average molecular weight is 880 g/mol. The lowest BCUT2D eigenvalue weighted by Crippen LogP contribution is -2.76. The molecular formula is C41H52F3N5O11S. The first-order chi connectivity index (χ1) is 28.7. The van der Waals surface area contributed by atoms with E-state index in [0.717, 1.165) is 4.90 Å². The fraction of sp³-hybridized carbons (Fsp3) is 0.634. The third-order valence-corrected chi connectivity index (χ3v) is 15.4. The molecule has 3 aliphatic heterocycles. The zero-order valence-electron chi connectivity index (χ0n) is 34.6. The Morgan fingerprint density at radius 1 is 1.13 bits per heavy atom. The highest BCUT2D eigenvalue weighted by atomic mass is 32.2. The molecule has 4 amide bonds. The van der Waals surface area contributed by atoms with Crippen molar-refractivity contribution in [3.8, 4) is 17.5 Å². The molecule has 7 rings (SSSR count). The summed E-state index contributed by atoms with van der Waals surface area (Å²) in [7, 11) is -1.25. The van der Waals surface area contributed by atoms with E-state index < -0.39 is 106 Å². The molecule has 2 saturated heterocycles. The van der Waals surface area contributed by atoms with E-state index in [9.17, 15) is 27.9 Å². The average Bonchev–Trinajstić information content (AvgIpc) is 4.06. The van der Waals surface area contributed by atoms with E-state index in [4.69, 9.17) is 18.9 Å². The fourth-order valence-corrected chi connectivity index (χ4v) is 10.2. The van der Waals surface area contributed by atoms with Crippen molar-refractivity contribution in [2.24, 2.45) is 17.8 Å². The summed E-state index contributed by atoms with van der Waals surface area (Å²) in [4.78, 5) is 62.9. The van der Waals surface area contributed by atoms with Gasteiger partial charge >= 0.3 is 12.3 Å². The second-order valence-electron chi connectivity index (χ2n) is 17.3. The predicted molar refractivity (Wildman–Crippen MR) is 212 cm³/mol. The van der Waals surface area contributed by atoms with Crippen molar-refractivity contribution < 1.29 is 64.8 Å². The number of fused-ring (bicyclic) bond motifs is 3. The number of nitrogens with zero attached hydrogens (tertiary/aromatic N) is 3. The van der Waals surface area contributed by atoms with Gasteiger partial charge in [-0.3, -0.25) is 24.0 Å². The van der Waals surface area contributed by atoms with E-state index in [1.54, 1.807) is 37.3 Å². The van der Waals surface area contributed by atoms with E-state index in [-0.39, 0.29) is 48.3 Å². The van der Waals surface area contributed by atoms with E-state index in [1.165, 1.54) is 21.1 Å². The maximum Gasteiger partial charge on any atom is 0.416 e. The van der Waals surface area contributed by atoms with Crippen LogP contribution in [-0.2, 0) is 29.1 Å². The summed E-state index contributed by atoms with van der Waals surface area (Å²) in [5, 5.41) is 14.5. The lowest BCUT2D eigenvalue weighted by Gasteiger charge is -2.52. The molecule has 0 radical (unpaired) electrons. The Kier molecular flexibility index (Phi) is 11.7. The van der Waals surface area contributed by atoms with Crippen molar-refractivity contribution in [3.63, 3.8) is 0 Å². The number of rotatable bonds is 10. The SMILES string of the molecule is CC[C@@H]1C[C@@H](C)CCC=C[C@@H]2C[C@@]2(C(=O)NS(=O)(=O)C2(C)CC2)NC(=O)[C@@H]2C[C@@H](Oc3nc(OC)cc4cc(OC)ccc34)CN2C(=O)[C@H]1N(C(=O)O)C1(C(F)(F)F)COC1. The number of methoxy groups -OCH3 is 2. The fourth-order valence-electron chi connectivity index (χ4n) is 8.89. The molecule has 3 N–H and O–H groups in total. The largest absolute Gasteiger partial charge is 0.497 e. The highest BCUT2D eigenvalue weighted by Gasteiger charge is 2.69. The smallest absolute Gasteiger partial charge is 0.416 e. The molecule has 4 fully saturated rings. The van der Waals surface area contributed by atoms with Crippen molar-refractivity contribution in [1.82, 2.24) is 24.8 Å². The van der Waals surface area contributed by atoms with Crippen LogP contribution in [0.25, 0.3) is 10.8 Å². The number of pyridine rings is 1. The van der Waals surface area contributed by atoms with Crippen LogP contribution in [0.1, 0.15) is 72.1 Å². The van der Waals surface area contributed by atoms with Crippen LogP contribution in [0.4, 0.5) is 18.0 Å². The third-order valence-electron chi connectivity index (χ3n) is 13.2. The lowest BCUT2D eigenvalue weighted by molar-refractivity contribution is -0.304. The first kappa shape index (κ1) is 44.2. The van der Waals surface area contributed by atoms with Gasteiger partial charge in [0, 0.05) is 23.8 Å². The quantitative estimate of drug-likeness (QED) is 0.282. The highest BCUT2D eigenvalue weighted by Crippen LogP contribution is 2.49. The molecule has 20 heteroatoms. The number of benzene rings is 1. The van der Waals surface area contributed by atoms with Gasteiger partial charge in [-0.1, -0.05) is 32.4 Å². The Hall–Kier alpha value is -4.85. The van der Waals surface area contributed by atoms with Crippen LogP contribution in [0.5, 0.6) is 17.5 Å². The van der Waals surface area contributed by atoms with E-state index in [2.05, 4.69) is 15.0 Å². The molecule has 0 unspecified atom stereocenters. The number of nitrogens with one attached hydrogen (secondary N) is 2. The molecule has 4 heterocycles. The molecule has 2 saturated carbocycles. The van der Waals surface area contributed by atoms with Crippen LogP contribution < -0.4 is 24.2 Å². The molecule has 7 atom stereocenters. The van der Waals surface area contributed by atoms with Crippen LogP contribution in [0.2, 0.25) is 0 Å². The first-order valence-electron chi connectivity index (χ1n) is 20.4. The molecule has 2 aliphatic carbocycles. The van der Waals surface area contributed by atoms with E-state index in [0.29, 0.717) is 42.2 Å². The van der Waals surface area contributed by atoms with Gasteiger partial charge in [0.2, 0.25) is 33.6 Å². The molecular weight excluding hydrogens is 828 g/mol. The van der Waals surface area contributed by atoms with Gasteiger partial charge in [-0.15, -0.1) is 0 Å². The van der Waals surface area contributed by atoms with E-state index >= 15 is 18.0 Å². The molecule has 5 aliphatic rings. The van der Waals surface area contributed by atoms with Crippen LogP contribution in [-0.4, -0.2) is 126 Å². The van der Waals surface area contributed by atoms with Crippen LogP contribution >= 0.6 is 0 Å². The number of amides is 4.